The standard InChI is InChI=1S/C59H61N5O11/c1-5-32-73-56(69)47-50-57(70)75-51(38-18-10-7-11-19-38)49(36-16-8-6-9-17-36)63(50)52(59(47)43-20-12-13-21-44(43)61-58(59)71)39-25-29-41(30-26-39)72-33-34-74-55(68)42-35-46-53(66)60-45(22-14-15-31-64(2,3)4)54(67)62(46)48(42)37-23-27-40(65)28-24-37/h5-13,16-21,23-30,42,45-52H,1,14-15,22,31-35H2,2-4H3,(H2-,60,61,65,66,71)/p+1/t42-,45-,46-,47+,48-,49+,50+,51-,52-,59+/m0/s1. The molecule has 4 saturated heterocycles. The van der Waals surface area contributed by atoms with Gasteiger partial charge in [0.25, 0.3) is 0 Å². The molecule has 5 aromatic rings. The molecule has 388 valence electrons. The van der Waals surface area contributed by atoms with Crippen molar-refractivity contribution in [3.63, 3.8) is 0 Å². The lowest BCUT2D eigenvalue weighted by molar-refractivity contribution is -0.870. The molecule has 0 unspecified atom stereocenters. The maximum Gasteiger partial charge on any atom is 0.325 e. The number of para-hydroxylation sites is 1. The number of unbranched alkanes of at least 4 members (excludes halogenated alkanes) is 1. The molecule has 16 nitrogen and oxygen atoms in total. The molecule has 0 aliphatic carbocycles. The number of carbonyl (C=O) groups excluding carboxylic acids is 6. The van der Waals surface area contributed by atoms with Crippen LogP contribution >= 0.6 is 0 Å². The fraction of sp³-hybridized carbons (Fsp3) is 0.356. The highest BCUT2D eigenvalue weighted by atomic mass is 16.6. The quantitative estimate of drug-likeness (QED) is 0.0296. The lowest BCUT2D eigenvalue weighted by atomic mass is 9.65. The van der Waals surface area contributed by atoms with E-state index in [1.807, 2.05) is 83.8 Å². The summed E-state index contributed by atoms with van der Waals surface area (Å²) in [5.41, 5.74) is 2.09. The maximum atomic E-state index is 15.1. The number of quaternary nitrogens is 1. The SMILES string of the molecule is C=CCOC(=O)[C@H]1[C@@H]2C(=O)O[C@@H](c3ccccc3)[C@@H](c3ccccc3)N2[C@@H](c2ccc(OCCOC(=O)[C@H]3C[C@H]4C(=O)N[C@@H](CCCC[N+](C)(C)C)C(=O)N4[C@H]3c3ccc(O)cc3)cc2)[C@]12C(=O)Nc1ccccc12. The fourth-order valence-electron chi connectivity index (χ4n) is 12.2. The Labute approximate surface area is 435 Å². The minimum Gasteiger partial charge on any atom is -0.508 e. The van der Waals surface area contributed by atoms with Gasteiger partial charge in [-0.1, -0.05) is 116 Å². The zero-order chi connectivity index (χ0) is 52.6. The highest BCUT2D eigenvalue weighted by Gasteiger charge is 2.74. The molecule has 5 aliphatic heterocycles. The van der Waals surface area contributed by atoms with E-state index in [1.54, 1.807) is 42.5 Å². The van der Waals surface area contributed by atoms with Gasteiger partial charge in [0, 0.05) is 5.69 Å². The number of benzene rings is 5. The molecule has 10 rings (SSSR count). The third-order valence-electron chi connectivity index (χ3n) is 15.4. The van der Waals surface area contributed by atoms with Crippen LogP contribution in [-0.4, -0.2) is 121 Å². The molecular formula is C59H62N5O11+. The maximum absolute atomic E-state index is 15.1. The van der Waals surface area contributed by atoms with Crippen LogP contribution in [0.1, 0.15) is 77.7 Å². The van der Waals surface area contributed by atoms with Gasteiger partial charge in [-0.2, -0.15) is 0 Å². The third kappa shape index (κ3) is 9.41. The van der Waals surface area contributed by atoms with Gasteiger partial charge in [0.05, 0.1) is 51.7 Å². The molecule has 5 aliphatic rings. The van der Waals surface area contributed by atoms with Gasteiger partial charge < -0.3 is 44.1 Å². The first-order valence-electron chi connectivity index (χ1n) is 25.6. The normalized spacial score (nSPS) is 26.9. The lowest BCUT2D eigenvalue weighted by Gasteiger charge is -2.46. The number of phenols is 1. The summed E-state index contributed by atoms with van der Waals surface area (Å²) in [6, 6.07) is 34.3. The average molecular weight is 1020 g/mol. The Hall–Kier alpha value is -7.82. The number of nitrogens with zero attached hydrogens (tertiary/aromatic N) is 3. The molecule has 3 N–H and O–H groups in total. The minimum absolute atomic E-state index is 0.0224. The number of hydrogen-bond acceptors (Lipinski definition) is 12. The van der Waals surface area contributed by atoms with Crippen LogP contribution in [0.15, 0.2) is 146 Å². The van der Waals surface area contributed by atoms with Crippen molar-refractivity contribution >= 4 is 41.3 Å². The molecule has 10 atom stereocenters. The summed E-state index contributed by atoms with van der Waals surface area (Å²) in [6.07, 6.45) is 2.74. The number of ether oxygens (including phenoxy) is 4. The minimum atomic E-state index is -1.70. The Morgan fingerprint density at radius 3 is 2.11 bits per heavy atom. The molecule has 16 heteroatoms. The number of anilines is 1. The number of hydrogen-bond donors (Lipinski definition) is 3. The van der Waals surface area contributed by atoms with Gasteiger partial charge in [0.1, 0.15) is 66.9 Å². The van der Waals surface area contributed by atoms with Crippen LogP contribution in [0.4, 0.5) is 5.69 Å². The first-order valence-corrected chi connectivity index (χ1v) is 25.6. The molecule has 0 radical (unpaired) electrons. The molecule has 5 aromatic carbocycles. The summed E-state index contributed by atoms with van der Waals surface area (Å²) in [5, 5.41) is 16.1. The number of aromatic hydroxyl groups is 1. The predicted octanol–water partition coefficient (Wildman–Crippen LogP) is 6.65. The Kier molecular flexibility index (Phi) is 14.1. The van der Waals surface area contributed by atoms with E-state index in [-0.39, 0.29) is 43.8 Å². The van der Waals surface area contributed by atoms with Crippen LogP contribution in [0.2, 0.25) is 0 Å². The Morgan fingerprint density at radius 1 is 0.760 bits per heavy atom. The first-order chi connectivity index (χ1) is 36.2. The number of fused-ring (bicyclic) bond motifs is 4. The number of amides is 3. The zero-order valence-corrected chi connectivity index (χ0v) is 42.2. The van der Waals surface area contributed by atoms with Crippen molar-refractivity contribution in [2.24, 2.45) is 11.8 Å². The van der Waals surface area contributed by atoms with Crippen molar-refractivity contribution in [2.45, 2.75) is 73.5 Å². The number of cyclic esters (lactones) is 1. The van der Waals surface area contributed by atoms with Crippen molar-refractivity contribution in [2.75, 3.05) is 52.8 Å². The summed E-state index contributed by atoms with van der Waals surface area (Å²) in [7, 11) is 6.31. The van der Waals surface area contributed by atoms with Gasteiger partial charge in [-0.05, 0) is 83.8 Å². The highest BCUT2D eigenvalue weighted by Crippen LogP contribution is 2.65. The lowest BCUT2D eigenvalue weighted by Crippen LogP contribution is -2.61. The van der Waals surface area contributed by atoms with E-state index in [2.05, 4.69) is 38.4 Å². The van der Waals surface area contributed by atoms with Crippen molar-refractivity contribution in [1.82, 2.24) is 15.1 Å². The van der Waals surface area contributed by atoms with Crippen LogP contribution in [-0.2, 0) is 48.4 Å². The van der Waals surface area contributed by atoms with Gasteiger partial charge in [0.15, 0.2) is 0 Å². The second-order valence-electron chi connectivity index (χ2n) is 21.0. The molecule has 0 aromatic heterocycles. The second-order valence-corrected chi connectivity index (χ2v) is 21.0. The van der Waals surface area contributed by atoms with Crippen molar-refractivity contribution < 1.29 is 57.3 Å². The monoisotopic (exact) mass is 1020 g/mol. The average Bonchev–Trinajstić information content (AvgIpc) is 4.07. The van der Waals surface area contributed by atoms with Crippen molar-refractivity contribution in [1.29, 1.82) is 0 Å². The van der Waals surface area contributed by atoms with E-state index >= 15 is 4.79 Å². The van der Waals surface area contributed by atoms with Crippen LogP contribution in [0.25, 0.3) is 0 Å². The molecule has 0 bridgehead atoms. The number of morpholine rings is 1. The van der Waals surface area contributed by atoms with Crippen LogP contribution in [0.3, 0.4) is 0 Å². The zero-order valence-electron chi connectivity index (χ0n) is 42.2. The molecule has 75 heavy (non-hydrogen) atoms. The van der Waals surface area contributed by atoms with E-state index in [4.69, 9.17) is 18.9 Å². The van der Waals surface area contributed by atoms with E-state index in [0.29, 0.717) is 34.5 Å². The Morgan fingerprint density at radius 2 is 1.41 bits per heavy atom. The first kappa shape index (κ1) is 50.7. The summed E-state index contributed by atoms with van der Waals surface area (Å²) in [4.78, 5) is 90.1. The number of carbonyl (C=O) groups is 6. The number of rotatable bonds is 17. The summed E-state index contributed by atoms with van der Waals surface area (Å²) in [5.74, 6) is -4.87. The van der Waals surface area contributed by atoms with Gasteiger partial charge in [0.2, 0.25) is 17.7 Å². The Bertz CT molecular complexity index is 2970. The van der Waals surface area contributed by atoms with Crippen molar-refractivity contribution in [3.05, 3.63) is 174 Å². The number of phenolic OH excluding ortho intramolecular Hbond substituents is 1. The third-order valence-corrected chi connectivity index (χ3v) is 15.4. The van der Waals surface area contributed by atoms with E-state index in [0.717, 1.165) is 35.0 Å². The molecular weight excluding hydrogens is 955 g/mol. The molecule has 4 fully saturated rings. The second kappa shape index (κ2) is 20.8. The van der Waals surface area contributed by atoms with E-state index in [1.165, 1.54) is 23.1 Å². The fourth-order valence-corrected chi connectivity index (χ4v) is 12.2. The van der Waals surface area contributed by atoms with Gasteiger partial charge in [-0.25, -0.2) is 0 Å². The van der Waals surface area contributed by atoms with Crippen LogP contribution < -0.4 is 15.4 Å². The molecule has 0 saturated carbocycles. The van der Waals surface area contributed by atoms with Gasteiger partial charge in [-0.15, -0.1) is 0 Å². The molecule has 1 spiro atoms. The van der Waals surface area contributed by atoms with Crippen molar-refractivity contribution in [3.8, 4) is 11.5 Å². The van der Waals surface area contributed by atoms with Gasteiger partial charge in [-0.3, -0.25) is 33.7 Å². The smallest absolute Gasteiger partial charge is 0.325 e. The Balaban J connectivity index is 0.923. The van der Waals surface area contributed by atoms with Crippen LogP contribution in [0, 0.1) is 11.8 Å². The van der Waals surface area contributed by atoms with E-state index < -0.39 is 83.4 Å². The summed E-state index contributed by atoms with van der Waals surface area (Å²) in [6.45, 7) is 4.29. The number of piperazine rings is 1. The van der Waals surface area contributed by atoms with Crippen LogP contribution in [0.5, 0.6) is 11.5 Å². The number of nitrogens with one attached hydrogen (secondary N) is 2. The highest BCUT2D eigenvalue weighted by molar-refractivity contribution is 6.11. The van der Waals surface area contributed by atoms with E-state index in [9.17, 15) is 29.1 Å². The summed E-state index contributed by atoms with van der Waals surface area (Å²) < 4.78 is 25.0. The van der Waals surface area contributed by atoms with Gasteiger partial charge >= 0.3 is 17.9 Å². The number of esters is 3. The topological polar surface area (TPSA) is 190 Å². The molecule has 3 amide bonds. The summed E-state index contributed by atoms with van der Waals surface area (Å²) >= 11 is 0. The predicted molar refractivity (Wildman–Crippen MR) is 275 cm³/mol. The largest absolute Gasteiger partial charge is 0.508 e. The molecule has 5 heterocycles.